The van der Waals surface area contributed by atoms with E-state index in [0.717, 1.165) is 23.4 Å². The van der Waals surface area contributed by atoms with E-state index in [4.69, 9.17) is 5.11 Å². The van der Waals surface area contributed by atoms with Gasteiger partial charge in [0.05, 0.1) is 5.92 Å². The molecule has 0 saturated carbocycles. The molecule has 2 N–H and O–H groups in total. The Labute approximate surface area is 82.8 Å². The van der Waals surface area contributed by atoms with Crippen molar-refractivity contribution in [1.29, 1.82) is 0 Å². The molecule has 0 radical (unpaired) electrons. The Hall–Kier alpha value is -1.51. The van der Waals surface area contributed by atoms with E-state index in [2.05, 4.69) is 5.32 Å². The molecule has 0 saturated heterocycles. The number of hydrogen-bond donors (Lipinski definition) is 2. The Balaban J connectivity index is 2.52. The molecule has 1 aliphatic rings. The summed E-state index contributed by atoms with van der Waals surface area (Å²) in [6.45, 7) is 2.70. The lowest BCUT2D eigenvalue weighted by atomic mass is 9.88. The molecule has 0 spiro atoms. The molecule has 0 bridgehead atoms. The predicted octanol–water partition coefficient (Wildman–Crippen LogP) is 1.98. The van der Waals surface area contributed by atoms with Crippen LogP contribution in [0.25, 0.3) is 0 Å². The largest absolute Gasteiger partial charge is 0.481 e. The van der Waals surface area contributed by atoms with E-state index in [9.17, 15) is 4.79 Å². The van der Waals surface area contributed by atoms with E-state index in [1.807, 2.05) is 25.1 Å². The molecule has 0 aromatic heterocycles. The van der Waals surface area contributed by atoms with Gasteiger partial charge in [0.25, 0.3) is 0 Å². The second-order valence-corrected chi connectivity index (χ2v) is 3.64. The summed E-state index contributed by atoms with van der Waals surface area (Å²) in [6.07, 6.45) is 0.674. The van der Waals surface area contributed by atoms with Crippen molar-refractivity contribution in [2.45, 2.75) is 19.3 Å². The molecule has 0 aliphatic carbocycles. The lowest BCUT2D eigenvalue weighted by Crippen LogP contribution is -2.23. The molecule has 0 fully saturated rings. The molecule has 1 aromatic rings. The molecule has 3 nitrogen and oxygen atoms in total. The van der Waals surface area contributed by atoms with Crippen molar-refractivity contribution in [2.24, 2.45) is 0 Å². The van der Waals surface area contributed by atoms with Crippen LogP contribution in [0.3, 0.4) is 0 Å². The molecule has 1 aromatic carbocycles. The van der Waals surface area contributed by atoms with Gasteiger partial charge < -0.3 is 10.4 Å². The quantitative estimate of drug-likeness (QED) is 0.713. The van der Waals surface area contributed by atoms with E-state index in [0.29, 0.717) is 6.42 Å². The molecule has 3 heteroatoms. The van der Waals surface area contributed by atoms with Gasteiger partial charge in [0, 0.05) is 12.2 Å². The first kappa shape index (κ1) is 9.06. The summed E-state index contributed by atoms with van der Waals surface area (Å²) in [4.78, 5) is 11.0. The number of carboxylic acids is 1. The first-order valence-electron chi connectivity index (χ1n) is 4.76. The molecular formula is C11H13NO2. The summed E-state index contributed by atoms with van der Waals surface area (Å²) in [6, 6.07) is 5.85. The Morgan fingerprint density at radius 3 is 3.07 bits per heavy atom. The van der Waals surface area contributed by atoms with Crippen LogP contribution in [-0.2, 0) is 4.79 Å². The number of nitrogens with one attached hydrogen (secondary N) is 1. The summed E-state index contributed by atoms with van der Waals surface area (Å²) >= 11 is 0. The van der Waals surface area contributed by atoms with Crippen LogP contribution in [0.1, 0.15) is 23.5 Å². The number of aliphatic carboxylic acids is 1. The number of fused-ring (bicyclic) bond motifs is 1. The highest BCUT2D eigenvalue weighted by atomic mass is 16.4. The molecule has 14 heavy (non-hydrogen) atoms. The zero-order chi connectivity index (χ0) is 10.1. The second kappa shape index (κ2) is 3.33. The average molecular weight is 191 g/mol. The predicted molar refractivity (Wildman–Crippen MR) is 54.7 cm³/mol. The van der Waals surface area contributed by atoms with Crippen molar-refractivity contribution < 1.29 is 9.90 Å². The molecular weight excluding hydrogens is 178 g/mol. The maximum absolute atomic E-state index is 11.0. The lowest BCUT2D eigenvalue weighted by Gasteiger charge is -2.25. The van der Waals surface area contributed by atoms with E-state index >= 15 is 0 Å². The third-order valence-electron chi connectivity index (χ3n) is 2.72. The van der Waals surface area contributed by atoms with E-state index in [1.54, 1.807) is 0 Å². The van der Waals surface area contributed by atoms with Crippen LogP contribution < -0.4 is 5.32 Å². The summed E-state index contributed by atoms with van der Waals surface area (Å²) in [5, 5.41) is 12.3. The van der Waals surface area contributed by atoms with Gasteiger partial charge in [0.2, 0.25) is 0 Å². The van der Waals surface area contributed by atoms with Gasteiger partial charge in [-0.15, -0.1) is 0 Å². The van der Waals surface area contributed by atoms with E-state index in [-0.39, 0.29) is 5.92 Å². The van der Waals surface area contributed by atoms with Gasteiger partial charge in [0.15, 0.2) is 0 Å². The summed E-state index contributed by atoms with van der Waals surface area (Å²) in [5.41, 5.74) is 2.98. The second-order valence-electron chi connectivity index (χ2n) is 3.64. The van der Waals surface area contributed by atoms with Crippen LogP contribution in [0, 0.1) is 6.92 Å². The van der Waals surface area contributed by atoms with Crippen LogP contribution in [0.2, 0.25) is 0 Å². The van der Waals surface area contributed by atoms with Crippen molar-refractivity contribution >= 4 is 11.7 Å². The Kier molecular flexibility index (Phi) is 2.15. The number of carboxylic acid groups (broad SMARTS) is 1. The minimum atomic E-state index is -0.720. The third-order valence-corrected chi connectivity index (χ3v) is 2.72. The van der Waals surface area contributed by atoms with Gasteiger partial charge in [-0.25, -0.2) is 0 Å². The van der Waals surface area contributed by atoms with Gasteiger partial charge in [-0.1, -0.05) is 12.1 Å². The minimum absolute atomic E-state index is 0.340. The van der Waals surface area contributed by atoms with Crippen LogP contribution >= 0.6 is 0 Å². The average Bonchev–Trinajstić information content (AvgIpc) is 2.17. The van der Waals surface area contributed by atoms with Gasteiger partial charge in [-0.3, -0.25) is 4.79 Å². The van der Waals surface area contributed by atoms with Crippen molar-refractivity contribution in [3.05, 3.63) is 29.3 Å². The van der Waals surface area contributed by atoms with Gasteiger partial charge in [-0.05, 0) is 30.5 Å². The summed E-state index contributed by atoms with van der Waals surface area (Å²) < 4.78 is 0. The maximum atomic E-state index is 11.0. The smallest absolute Gasteiger partial charge is 0.311 e. The fourth-order valence-electron chi connectivity index (χ4n) is 2.04. The van der Waals surface area contributed by atoms with Gasteiger partial charge in [0.1, 0.15) is 0 Å². The first-order chi connectivity index (χ1) is 6.70. The lowest BCUT2D eigenvalue weighted by molar-refractivity contribution is -0.138. The SMILES string of the molecule is Cc1cccc2c1C(C(=O)O)CCN2. The topological polar surface area (TPSA) is 49.3 Å². The van der Waals surface area contributed by atoms with Crippen LogP contribution in [0.5, 0.6) is 0 Å². The Morgan fingerprint density at radius 1 is 1.57 bits per heavy atom. The maximum Gasteiger partial charge on any atom is 0.311 e. The minimum Gasteiger partial charge on any atom is -0.481 e. The summed E-state index contributed by atoms with van der Waals surface area (Å²) in [5.74, 6) is -1.06. The van der Waals surface area contributed by atoms with Crippen LogP contribution in [-0.4, -0.2) is 17.6 Å². The Morgan fingerprint density at radius 2 is 2.36 bits per heavy atom. The standard InChI is InChI=1S/C11H13NO2/c1-7-3-2-4-9-10(7)8(11(13)14)5-6-12-9/h2-4,8,12H,5-6H2,1H3,(H,13,14). The van der Waals surface area contributed by atoms with Gasteiger partial charge in [-0.2, -0.15) is 0 Å². The molecule has 1 aliphatic heterocycles. The molecule has 74 valence electrons. The highest BCUT2D eigenvalue weighted by Gasteiger charge is 2.27. The van der Waals surface area contributed by atoms with Crippen molar-refractivity contribution in [1.82, 2.24) is 0 Å². The van der Waals surface area contributed by atoms with Crippen LogP contribution in [0.15, 0.2) is 18.2 Å². The third kappa shape index (κ3) is 1.35. The number of anilines is 1. The number of carbonyl (C=O) groups is 1. The van der Waals surface area contributed by atoms with Crippen LogP contribution in [0.4, 0.5) is 5.69 Å². The fraction of sp³-hybridized carbons (Fsp3) is 0.364. The van der Waals surface area contributed by atoms with Crippen molar-refractivity contribution in [3.63, 3.8) is 0 Å². The van der Waals surface area contributed by atoms with E-state index < -0.39 is 5.97 Å². The first-order valence-corrected chi connectivity index (χ1v) is 4.76. The zero-order valence-electron chi connectivity index (χ0n) is 8.08. The number of hydrogen-bond acceptors (Lipinski definition) is 2. The Bertz CT molecular complexity index is 374. The highest BCUT2D eigenvalue weighted by molar-refractivity contribution is 5.80. The number of benzene rings is 1. The molecule has 1 heterocycles. The van der Waals surface area contributed by atoms with Gasteiger partial charge >= 0.3 is 5.97 Å². The van der Waals surface area contributed by atoms with Crippen molar-refractivity contribution in [2.75, 3.05) is 11.9 Å². The zero-order valence-corrected chi connectivity index (χ0v) is 8.08. The molecule has 1 atom stereocenters. The van der Waals surface area contributed by atoms with Crippen molar-refractivity contribution in [3.8, 4) is 0 Å². The number of rotatable bonds is 1. The highest BCUT2D eigenvalue weighted by Crippen LogP contribution is 2.33. The normalized spacial score (nSPS) is 19.6. The monoisotopic (exact) mass is 191 g/mol. The molecule has 2 rings (SSSR count). The molecule has 1 unspecified atom stereocenters. The molecule has 0 amide bonds. The number of aryl methyl sites for hydroxylation is 1. The summed E-state index contributed by atoms with van der Waals surface area (Å²) in [7, 11) is 0. The fourth-order valence-corrected chi connectivity index (χ4v) is 2.04. The van der Waals surface area contributed by atoms with E-state index in [1.165, 1.54) is 0 Å².